The third-order valence-corrected chi connectivity index (χ3v) is 7.12. The molecule has 2 bridgehead atoms. The lowest BCUT2D eigenvalue weighted by Gasteiger charge is -2.34. The van der Waals surface area contributed by atoms with E-state index in [1.165, 1.54) is 18.6 Å². The van der Waals surface area contributed by atoms with E-state index in [0.29, 0.717) is 5.41 Å². The van der Waals surface area contributed by atoms with E-state index >= 15 is 0 Å². The largest absolute Gasteiger partial charge is 0.253 e. The maximum atomic E-state index is 4.77. The summed E-state index contributed by atoms with van der Waals surface area (Å²) in [5.74, 6) is 0.782. The van der Waals surface area contributed by atoms with Crippen molar-refractivity contribution in [2.45, 2.75) is 40.0 Å². The Bertz CT molecular complexity index is 747. The molecule has 3 nitrogen and oxygen atoms in total. The lowest BCUT2D eigenvalue weighted by molar-refractivity contribution is 0.194. The minimum Gasteiger partial charge on any atom is -0.253 e. The fraction of sp³-hybridized carbons (Fsp3) is 0.474. The normalized spacial score (nSPS) is 30.0. The molecule has 1 aromatic carbocycles. The van der Waals surface area contributed by atoms with Crippen LogP contribution in [0.1, 0.15) is 40.0 Å². The molecule has 1 aromatic heterocycles. The van der Waals surface area contributed by atoms with Crippen LogP contribution in [0.15, 0.2) is 40.8 Å². The number of anilines is 1. The van der Waals surface area contributed by atoms with Crippen LogP contribution in [0.25, 0.3) is 11.3 Å². The van der Waals surface area contributed by atoms with Crippen LogP contribution in [0.3, 0.4) is 0 Å². The number of fused-ring (bicyclic) bond motifs is 2. The molecule has 2 atom stereocenters. The molecular weight excluding hydrogens is 302 g/mol. The van der Waals surface area contributed by atoms with Gasteiger partial charge >= 0.3 is 0 Å². The summed E-state index contributed by atoms with van der Waals surface area (Å²) in [5.41, 5.74) is 7.32. The van der Waals surface area contributed by atoms with Crippen LogP contribution in [0, 0.1) is 16.7 Å². The van der Waals surface area contributed by atoms with Gasteiger partial charge in [-0.15, -0.1) is 11.3 Å². The standard InChI is InChI=1S/C19H23N3S/c1-18(2)14-9-10-19(18,3)16(11-14)21-22-17-20-15(12-23-17)13-7-5-4-6-8-13/h4-8,12,14H,9-11H2,1-3H3,(H,20,22)/t14-,19+/m1/s1. The topological polar surface area (TPSA) is 37.3 Å². The lowest BCUT2D eigenvalue weighted by Crippen LogP contribution is -2.32. The Morgan fingerprint density at radius 1 is 1.22 bits per heavy atom. The Morgan fingerprint density at radius 3 is 2.65 bits per heavy atom. The zero-order chi connectivity index (χ0) is 16.1. The van der Waals surface area contributed by atoms with Crippen molar-refractivity contribution in [2.75, 3.05) is 5.43 Å². The van der Waals surface area contributed by atoms with Crippen LogP contribution in [-0.2, 0) is 0 Å². The average Bonchev–Trinajstić information content (AvgIpc) is 3.16. The van der Waals surface area contributed by atoms with Crippen molar-refractivity contribution >= 4 is 22.2 Å². The predicted molar refractivity (Wildman–Crippen MR) is 97.8 cm³/mol. The number of rotatable bonds is 3. The van der Waals surface area contributed by atoms with E-state index in [1.807, 2.05) is 18.2 Å². The number of hydrazone groups is 1. The zero-order valence-electron chi connectivity index (χ0n) is 14.0. The van der Waals surface area contributed by atoms with Crippen LogP contribution in [0.4, 0.5) is 5.13 Å². The minimum absolute atomic E-state index is 0.240. The first kappa shape index (κ1) is 14.9. The van der Waals surface area contributed by atoms with Crippen molar-refractivity contribution in [3.8, 4) is 11.3 Å². The molecule has 120 valence electrons. The Kier molecular flexibility index (Phi) is 3.34. The van der Waals surface area contributed by atoms with Crippen LogP contribution in [0.2, 0.25) is 0 Å². The van der Waals surface area contributed by atoms with Gasteiger partial charge in [0.15, 0.2) is 0 Å². The Balaban J connectivity index is 1.53. The van der Waals surface area contributed by atoms with Crippen molar-refractivity contribution in [2.24, 2.45) is 21.8 Å². The first-order valence-electron chi connectivity index (χ1n) is 8.35. The second-order valence-electron chi connectivity index (χ2n) is 7.57. The third-order valence-electron chi connectivity index (χ3n) is 6.37. The van der Waals surface area contributed by atoms with E-state index in [9.17, 15) is 0 Å². The Labute approximate surface area is 141 Å². The molecule has 2 fully saturated rings. The molecule has 2 aromatic rings. The molecule has 1 heterocycles. The quantitative estimate of drug-likeness (QED) is 0.765. The maximum Gasteiger partial charge on any atom is 0.203 e. The molecule has 2 aliphatic carbocycles. The summed E-state index contributed by atoms with van der Waals surface area (Å²) >= 11 is 1.62. The van der Waals surface area contributed by atoms with Gasteiger partial charge in [0.05, 0.1) is 5.69 Å². The van der Waals surface area contributed by atoms with E-state index in [2.05, 4.69) is 48.7 Å². The number of hydrogen-bond donors (Lipinski definition) is 1. The van der Waals surface area contributed by atoms with Crippen LogP contribution < -0.4 is 5.43 Å². The molecule has 0 aliphatic heterocycles. The number of aromatic nitrogens is 1. The van der Waals surface area contributed by atoms with Gasteiger partial charge < -0.3 is 0 Å². The van der Waals surface area contributed by atoms with E-state index in [1.54, 1.807) is 11.3 Å². The fourth-order valence-electron chi connectivity index (χ4n) is 4.28. The van der Waals surface area contributed by atoms with Crippen LogP contribution in [0.5, 0.6) is 0 Å². The van der Waals surface area contributed by atoms with E-state index in [0.717, 1.165) is 28.7 Å². The van der Waals surface area contributed by atoms with Gasteiger partial charge in [-0.2, -0.15) is 5.10 Å². The highest BCUT2D eigenvalue weighted by Crippen LogP contribution is 2.63. The van der Waals surface area contributed by atoms with Crippen molar-refractivity contribution in [3.05, 3.63) is 35.7 Å². The maximum absolute atomic E-state index is 4.77. The first-order valence-corrected chi connectivity index (χ1v) is 9.23. The second kappa shape index (κ2) is 5.17. The molecule has 4 rings (SSSR count). The number of hydrogen-bond acceptors (Lipinski definition) is 4. The van der Waals surface area contributed by atoms with Gasteiger partial charge in [0.2, 0.25) is 5.13 Å². The lowest BCUT2D eigenvalue weighted by atomic mass is 9.70. The fourth-order valence-corrected chi connectivity index (χ4v) is 4.94. The predicted octanol–water partition coefficient (Wildman–Crippen LogP) is 5.42. The van der Waals surface area contributed by atoms with Gasteiger partial charge in [0.1, 0.15) is 0 Å². The molecule has 0 radical (unpaired) electrons. The van der Waals surface area contributed by atoms with Crippen molar-refractivity contribution in [3.63, 3.8) is 0 Å². The van der Waals surface area contributed by atoms with Gasteiger partial charge in [-0.1, -0.05) is 51.1 Å². The summed E-state index contributed by atoms with van der Waals surface area (Å²) in [4.78, 5) is 4.66. The van der Waals surface area contributed by atoms with E-state index in [-0.39, 0.29) is 5.41 Å². The monoisotopic (exact) mass is 325 g/mol. The molecule has 2 saturated carbocycles. The van der Waals surface area contributed by atoms with E-state index < -0.39 is 0 Å². The SMILES string of the molecule is CC1(C)[C@@H]2CC[C@@]1(C)C(=NNc1nc(-c3ccccc3)cs1)C2. The average molecular weight is 325 g/mol. The molecule has 4 heteroatoms. The van der Waals surface area contributed by atoms with Gasteiger partial charge in [0.25, 0.3) is 0 Å². The molecule has 23 heavy (non-hydrogen) atoms. The number of benzene rings is 1. The highest BCUT2D eigenvalue weighted by molar-refractivity contribution is 7.14. The van der Waals surface area contributed by atoms with Gasteiger partial charge in [-0.3, -0.25) is 5.43 Å². The number of nitrogens with one attached hydrogen (secondary N) is 1. The summed E-state index contributed by atoms with van der Waals surface area (Å²) in [6.45, 7) is 7.20. The summed E-state index contributed by atoms with van der Waals surface area (Å²) in [7, 11) is 0. The Hall–Kier alpha value is -1.68. The smallest absolute Gasteiger partial charge is 0.203 e. The molecule has 0 unspecified atom stereocenters. The third kappa shape index (κ3) is 2.23. The highest BCUT2D eigenvalue weighted by atomic mass is 32.1. The first-order chi connectivity index (χ1) is 11.0. The summed E-state index contributed by atoms with van der Waals surface area (Å²) in [6.07, 6.45) is 3.74. The van der Waals surface area contributed by atoms with Gasteiger partial charge in [-0.05, 0) is 30.6 Å². The summed E-state index contributed by atoms with van der Waals surface area (Å²) < 4.78 is 0. The van der Waals surface area contributed by atoms with Crippen LogP contribution >= 0.6 is 11.3 Å². The van der Waals surface area contributed by atoms with Crippen molar-refractivity contribution in [1.82, 2.24) is 4.98 Å². The van der Waals surface area contributed by atoms with Crippen molar-refractivity contribution in [1.29, 1.82) is 0 Å². The van der Waals surface area contributed by atoms with Gasteiger partial charge in [0, 0.05) is 22.1 Å². The summed E-state index contributed by atoms with van der Waals surface area (Å²) in [5, 5.41) is 7.73. The molecule has 0 saturated heterocycles. The Morgan fingerprint density at radius 2 is 2.00 bits per heavy atom. The highest BCUT2D eigenvalue weighted by Gasteiger charge is 2.59. The molecule has 2 aliphatic rings. The van der Waals surface area contributed by atoms with Crippen LogP contribution in [-0.4, -0.2) is 10.7 Å². The second-order valence-corrected chi connectivity index (χ2v) is 8.43. The zero-order valence-corrected chi connectivity index (χ0v) is 14.8. The molecule has 1 N–H and O–H groups in total. The number of nitrogens with zero attached hydrogens (tertiary/aromatic N) is 2. The molecule has 0 spiro atoms. The minimum atomic E-state index is 0.240. The van der Waals surface area contributed by atoms with E-state index in [4.69, 9.17) is 5.10 Å². The number of thiazole rings is 1. The van der Waals surface area contributed by atoms with Crippen molar-refractivity contribution < 1.29 is 0 Å². The molecular formula is C19H23N3S. The molecule has 0 amide bonds. The summed E-state index contributed by atoms with van der Waals surface area (Å²) in [6, 6.07) is 10.3. The van der Waals surface area contributed by atoms with Gasteiger partial charge in [-0.25, -0.2) is 4.98 Å².